The van der Waals surface area contributed by atoms with Gasteiger partial charge in [-0.3, -0.25) is 9.78 Å². The van der Waals surface area contributed by atoms with Gasteiger partial charge in [0.05, 0.1) is 23.6 Å². The maximum atomic E-state index is 12.9. The summed E-state index contributed by atoms with van der Waals surface area (Å²) in [5.41, 5.74) is 2.18. The first kappa shape index (κ1) is 24.0. The van der Waals surface area contributed by atoms with E-state index < -0.39 is 0 Å². The van der Waals surface area contributed by atoms with Crippen molar-refractivity contribution in [3.05, 3.63) is 36.8 Å². The van der Waals surface area contributed by atoms with Gasteiger partial charge < -0.3 is 15.5 Å². The van der Waals surface area contributed by atoms with E-state index >= 15 is 0 Å². The highest BCUT2D eigenvalue weighted by atomic mass is 16.1. The first-order valence-corrected chi connectivity index (χ1v) is 12.3. The Hall–Kier alpha value is -3.13. The Kier molecular flexibility index (Phi) is 7.67. The standard InChI is InChI=1S/C26H35N7O/c1-17(2)7-10-33-11-8-19(9-12-33)26(34)32-24-13-22-20(14-28-24)5-6-21(30-22)23-15-27-16-25(31-23)29-18(3)4/h5-6,13-19H,7-12H2,1-4H3,(H,29,31)(H,28,32,34). The van der Waals surface area contributed by atoms with Crippen molar-refractivity contribution in [2.24, 2.45) is 11.8 Å². The molecule has 1 saturated heterocycles. The van der Waals surface area contributed by atoms with Crippen molar-refractivity contribution in [2.75, 3.05) is 30.3 Å². The monoisotopic (exact) mass is 461 g/mol. The summed E-state index contributed by atoms with van der Waals surface area (Å²) in [5.74, 6) is 2.03. The second kappa shape index (κ2) is 10.9. The number of fused-ring (bicyclic) bond motifs is 1. The third kappa shape index (κ3) is 6.26. The van der Waals surface area contributed by atoms with Crippen molar-refractivity contribution >= 4 is 28.4 Å². The molecule has 1 aliphatic rings. The highest BCUT2D eigenvalue weighted by Gasteiger charge is 2.25. The van der Waals surface area contributed by atoms with Crippen molar-refractivity contribution < 1.29 is 4.79 Å². The molecule has 8 nitrogen and oxygen atoms in total. The van der Waals surface area contributed by atoms with Gasteiger partial charge in [-0.2, -0.15) is 0 Å². The molecule has 0 atom stereocenters. The lowest BCUT2D eigenvalue weighted by molar-refractivity contribution is -0.121. The van der Waals surface area contributed by atoms with Gasteiger partial charge in [0.25, 0.3) is 0 Å². The van der Waals surface area contributed by atoms with E-state index in [0.29, 0.717) is 23.2 Å². The number of amides is 1. The van der Waals surface area contributed by atoms with Gasteiger partial charge in [-0.15, -0.1) is 0 Å². The molecule has 1 fully saturated rings. The zero-order valence-corrected chi connectivity index (χ0v) is 20.6. The molecule has 0 aliphatic carbocycles. The molecule has 8 heteroatoms. The minimum Gasteiger partial charge on any atom is -0.367 e. The van der Waals surface area contributed by atoms with Gasteiger partial charge in [0.2, 0.25) is 5.91 Å². The van der Waals surface area contributed by atoms with Crippen LogP contribution in [0.4, 0.5) is 11.6 Å². The molecule has 2 N–H and O–H groups in total. The van der Waals surface area contributed by atoms with Crippen molar-refractivity contribution in [1.29, 1.82) is 0 Å². The molecule has 0 unspecified atom stereocenters. The minimum absolute atomic E-state index is 0.0264. The first-order valence-electron chi connectivity index (χ1n) is 12.3. The van der Waals surface area contributed by atoms with E-state index in [4.69, 9.17) is 4.98 Å². The van der Waals surface area contributed by atoms with Gasteiger partial charge in [0.1, 0.15) is 17.3 Å². The molecule has 4 rings (SSSR count). The Morgan fingerprint density at radius 2 is 1.82 bits per heavy atom. The Balaban J connectivity index is 1.43. The van der Waals surface area contributed by atoms with Crippen LogP contribution in [-0.2, 0) is 4.79 Å². The summed E-state index contributed by atoms with van der Waals surface area (Å²) in [6.07, 6.45) is 8.14. The number of nitrogens with one attached hydrogen (secondary N) is 2. The molecule has 0 bridgehead atoms. The molecule has 3 aromatic heterocycles. The third-order valence-electron chi connectivity index (χ3n) is 6.14. The highest BCUT2D eigenvalue weighted by molar-refractivity contribution is 5.93. The Morgan fingerprint density at radius 1 is 1.03 bits per heavy atom. The van der Waals surface area contributed by atoms with Crippen molar-refractivity contribution in [2.45, 2.75) is 53.0 Å². The Bertz CT molecular complexity index is 1120. The topological polar surface area (TPSA) is 95.9 Å². The van der Waals surface area contributed by atoms with Crippen LogP contribution in [0.15, 0.2) is 36.8 Å². The minimum atomic E-state index is 0.0264. The second-order valence-corrected chi connectivity index (χ2v) is 9.84. The molecule has 4 heterocycles. The summed E-state index contributed by atoms with van der Waals surface area (Å²) in [6, 6.07) is 5.97. The average Bonchev–Trinajstić information content (AvgIpc) is 2.82. The largest absolute Gasteiger partial charge is 0.367 e. The van der Waals surface area contributed by atoms with Gasteiger partial charge in [-0.05, 0) is 70.8 Å². The number of hydrogen-bond acceptors (Lipinski definition) is 7. The molecule has 180 valence electrons. The third-order valence-corrected chi connectivity index (χ3v) is 6.14. The van der Waals surface area contributed by atoms with Crippen LogP contribution in [-0.4, -0.2) is 56.4 Å². The Morgan fingerprint density at radius 3 is 2.56 bits per heavy atom. The number of nitrogens with zero attached hydrogens (tertiary/aromatic N) is 5. The maximum Gasteiger partial charge on any atom is 0.228 e. The van der Waals surface area contributed by atoms with Crippen molar-refractivity contribution in [3.8, 4) is 11.4 Å². The lowest BCUT2D eigenvalue weighted by Gasteiger charge is -2.31. The fourth-order valence-corrected chi connectivity index (χ4v) is 4.17. The summed E-state index contributed by atoms with van der Waals surface area (Å²) in [7, 11) is 0. The van der Waals surface area contributed by atoms with Gasteiger partial charge in [-0.25, -0.2) is 15.0 Å². The second-order valence-electron chi connectivity index (χ2n) is 9.84. The summed E-state index contributed by atoms with van der Waals surface area (Å²) in [6.45, 7) is 11.7. The quantitative estimate of drug-likeness (QED) is 0.506. The van der Waals surface area contributed by atoms with Gasteiger partial charge in [0.15, 0.2) is 0 Å². The number of rotatable bonds is 8. The number of likely N-dealkylation sites (tertiary alicyclic amines) is 1. The molecule has 34 heavy (non-hydrogen) atoms. The number of hydrogen-bond donors (Lipinski definition) is 2. The van der Waals surface area contributed by atoms with Crippen molar-refractivity contribution in [3.63, 3.8) is 0 Å². The van der Waals surface area contributed by atoms with Crippen LogP contribution in [0.25, 0.3) is 22.3 Å². The predicted molar refractivity (Wildman–Crippen MR) is 137 cm³/mol. The van der Waals surface area contributed by atoms with E-state index in [1.807, 2.05) is 18.2 Å². The lowest BCUT2D eigenvalue weighted by atomic mass is 9.95. The van der Waals surface area contributed by atoms with Gasteiger partial charge in [0, 0.05) is 29.6 Å². The molecule has 0 saturated carbocycles. The van der Waals surface area contributed by atoms with E-state index in [0.717, 1.165) is 49.1 Å². The van der Waals surface area contributed by atoms with E-state index in [-0.39, 0.29) is 17.9 Å². The Labute approximate surface area is 201 Å². The van der Waals surface area contributed by atoms with E-state index in [2.05, 4.69) is 58.2 Å². The summed E-state index contributed by atoms with van der Waals surface area (Å²) >= 11 is 0. The van der Waals surface area contributed by atoms with Crippen LogP contribution in [0.3, 0.4) is 0 Å². The molecule has 1 aliphatic heterocycles. The average molecular weight is 462 g/mol. The van der Waals surface area contributed by atoms with Gasteiger partial charge in [-0.1, -0.05) is 13.8 Å². The highest BCUT2D eigenvalue weighted by Crippen LogP contribution is 2.23. The zero-order chi connectivity index (χ0) is 24.1. The fourth-order valence-electron chi connectivity index (χ4n) is 4.17. The molecule has 0 aromatic carbocycles. The van der Waals surface area contributed by atoms with Crippen LogP contribution in [0, 0.1) is 11.8 Å². The van der Waals surface area contributed by atoms with Crippen LogP contribution in [0.5, 0.6) is 0 Å². The summed E-state index contributed by atoms with van der Waals surface area (Å²) in [5, 5.41) is 7.19. The molecule has 0 spiro atoms. The smallest absolute Gasteiger partial charge is 0.228 e. The molecule has 1 amide bonds. The summed E-state index contributed by atoms with van der Waals surface area (Å²) in [4.78, 5) is 33.5. The van der Waals surface area contributed by atoms with Crippen LogP contribution in [0.2, 0.25) is 0 Å². The molecular formula is C26H35N7O. The number of piperidine rings is 1. The molecule has 0 radical (unpaired) electrons. The summed E-state index contributed by atoms with van der Waals surface area (Å²) < 4.78 is 0. The van der Waals surface area contributed by atoms with Crippen LogP contribution in [0.1, 0.15) is 47.0 Å². The number of aromatic nitrogens is 4. The number of pyridine rings is 2. The zero-order valence-electron chi connectivity index (χ0n) is 20.6. The maximum absolute atomic E-state index is 12.9. The number of carbonyl (C=O) groups is 1. The lowest BCUT2D eigenvalue weighted by Crippen LogP contribution is -2.38. The van der Waals surface area contributed by atoms with E-state index in [1.165, 1.54) is 6.42 Å². The van der Waals surface area contributed by atoms with E-state index in [1.54, 1.807) is 18.6 Å². The number of anilines is 2. The van der Waals surface area contributed by atoms with Crippen LogP contribution >= 0.6 is 0 Å². The van der Waals surface area contributed by atoms with E-state index in [9.17, 15) is 4.79 Å². The predicted octanol–water partition coefficient (Wildman–Crippen LogP) is 4.60. The number of carbonyl (C=O) groups excluding carboxylic acids is 1. The first-order chi connectivity index (χ1) is 16.4. The fraction of sp³-hybridized carbons (Fsp3) is 0.500. The van der Waals surface area contributed by atoms with Crippen molar-refractivity contribution in [1.82, 2.24) is 24.8 Å². The normalized spacial score (nSPS) is 15.2. The molecular weight excluding hydrogens is 426 g/mol. The SMILES string of the molecule is CC(C)CCN1CCC(C(=O)Nc2cc3nc(-c4cncc(NC(C)C)n4)ccc3cn2)CC1. The van der Waals surface area contributed by atoms with Crippen LogP contribution < -0.4 is 10.6 Å². The molecule has 3 aromatic rings. The van der Waals surface area contributed by atoms with Gasteiger partial charge >= 0.3 is 0 Å².